The number of hydrogen-bond acceptors (Lipinski definition) is 7. The average molecular weight is 517 g/mol. The number of nitrogens with two attached hydrogens (primary N) is 1. The minimum atomic E-state index is -2.57. The number of nitrogens with zero attached hydrogens (tertiary/aromatic N) is 5. The fraction of sp³-hybridized carbons (Fsp3) is 0.304. The Hall–Kier alpha value is -3.84. The van der Waals surface area contributed by atoms with Crippen LogP contribution in [0.2, 0.25) is 0 Å². The van der Waals surface area contributed by atoms with Crippen LogP contribution in [0.4, 0.5) is 21.7 Å². The Bertz CT molecular complexity index is 1340. The molecule has 1 aromatic carbocycles. The van der Waals surface area contributed by atoms with Crippen molar-refractivity contribution >= 4 is 51.2 Å². The lowest BCUT2D eigenvalue weighted by Crippen LogP contribution is -2.48. The van der Waals surface area contributed by atoms with Crippen LogP contribution >= 0.6 is 0 Å². The molecule has 3 aromatic rings. The maximum Gasteiger partial charge on any atom is 0.326 e. The van der Waals surface area contributed by atoms with Crippen LogP contribution in [-0.2, 0) is 27.3 Å². The number of anilines is 3. The second-order valence-electron chi connectivity index (χ2n) is 8.55. The Labute approximate surface area is 208 Å². The molecule has 1 aliphatic rings. The lowest BCUT2D eigenvalue weighted by molar-refractivity contribution is -0.148. The molecule has 1 aliphatic heterocycles. The van der Waals surface area contributed by atoms with Crippen molar-refractivity contribution in [1.29, 1.82) is 0 Å². The van der Waals surface area contributed by atoms with E-state index < -0.39 is 41.0 Å². The lowest BCUT2D eigenvalue weighted by atomic mass is 10.0. The van der Waals surface area contributed by atoms with Gasteiger partial charge < -0.3 is 20.6 Å². The summed E-state index contributed by atoms with van der Waals surface area (Å²) in [6.45, 7) is 0.0173. The summed E-state index contributed by atoms with van der Waals surface area (Å²) < 4.78 is 38.4. The van der Waals surface area contributed by atoms with E-state index >= 15 is 4.39 Å². The Morgan fingerprint density at radius 3 is 2.61 bits per heavy atom. The van der Waals surface area contributed by atoms with Gasteiger partial charge in [-0.15, -0.1) is 0 Å². The van der Waals surface area contributed by atoms with Crippen molar-refractivity contribution in [3.8, 4) is 0 Å². The molecule has 4 N–H and O–H groups in total. The van der Waals surface area contributed by atoms with Gasteiger partial charge in [-0.3, -0.25) is 13.7 Å². The Balaban J connectivity index is 1.61. The molecule has 11 nitrogen and oxygen atoms in total. The molecule has 190 valence electrons. The predicted octanol–water partition coefficient (Wildman–Crippen LogP) is 1.66. The van der Waals surface area contributed by atoms with Crippen LogP contribution in [-0.4, -0.2) is 73.3 Å². The highest BCUT2D eigenvalue weighted by atomic mass is 32.2. The van der Waals surface area contributed by atoms with E-state index in [9.17, 15) is 23.5 Å². The molecule has 0 saturated carbocycles. The van der Waals surface area contributed by atoms with E-state index in [2.05, 4.69) is 9.97 Å². The molecule has 1 fully saturated rings. The van der Waals surface area contributed by atoms with Gasteiger partial charge in [0.25, 0.3) is 11.3 Å². The van der Waals surface area contributed by atoms with Gasteiger partial charge in [0.05, 0.1) is 11.9 Å². The number of benzene rings is 1. The smallest absolute Gasteiger partial charge is 0.326 e. The van der Waals surface area contributed by atoms with Crippen molar-refractivity contribution in [2.75, 3.05) is 35.6 Å². The second-order valence-corrected chi connectivity index (χ2v) is 9.40. The van der Waals surface area contributed by atoms with E-state index in [0.29, 0.717) is 11.2 Å². The number of carboxylic acids is 1. The fourth-order valence-corrected chi connectivity index (χ4v) is 5.05. The van der Waals surface area contributed by atoms with Gasteiger partial charge in [-0.05, 0) is 30.2 Å². The van der Waals surface area contributed by atoms with Crippen LogP contribution in [0.25, 0.3) is 10.8 Å². The van der Waals surface area contributed by atoms with Crippen molar-refractivity contribution in [2.24, 2.45) is 0 Å². The number of pyridine rings is 2. The Morgan fingerprint density at radius 2 is 2.00 bits per heavy atom. The second kappa shape index (κ2) is 10.0. The van der Waals surface area contributed by atoms with Gasteiger partial charge in [0.15, 0.2) is 0 Å². The number of rotatable bonds is 8. The lowest BCUT2D eigenvalue weighted by Gasteiger charge is -2.28. The molecule has 0 aliphatic carbocycles. The van der Waals surface area contributed by atoms with Crippen molar-refractivity contribution < 1.29 is 27.8 Å². The highest BCUT2D eigenvalue weighted by molar-refractivity contribution is 7.80. The molecule has 1 unspecified atom stereocenters. The standard InChI is InChI=1S/C23H25FN6O5S/c1-28(2)19-6-4-14(12-27-19)30(36(34)35)17-8-10-29(22(17)31)18(23(32)33)11-13-3-5-16-15(20(13)24)7-9-26-21(16)25/h3-7,9,12,17-18H,8,10-11H2,1-2H3,(H2,25,26)(H,32,33)(H,34,35)/t17-,18+/m0/s1. The zero-order valence-corrected chi connectivity index (χ0v) is 20.4. The number of aromatic nitrogens is 2. The molecular weight excluding hydrogens is 491 g/mol. The van der Waals surface area contributed by atoms with Crippen LogP contribution in [0.3, 0.4) is 0 Å². The maximum atomic E-state index is 15.2. The first-order chi connectivity index (χ1) is 17.1. The number of carboxylic acid groups (broad SMARTS) is 1. The molecule has 13 heteroatoms. The first-order valence-corrected chi connectivity index (χ1v) is 12.0. The molecule has 0 radical (unpaired) electrons. The van der Waals surface area contributed by atoms with E-state index in [0.717, 1.165) is 9.21 Å². The largest absolute Gasteiger partial charge is 0.480 e. The molecule has 1 amide bonds. The number of amides is 1. The summed E-state index contributed by atoms with van der Waals surface area (Å²) in [5.74, 6) is -1.83. The molecule has 0 bridgehead atoms. The monoisotopic (exact) mass is 516 g/mol. The minimum Gasteiger partial charge on any atom is -0.480 e. The molecule has 3 atom stereocenters. The summed E-state index contributed by atoms with van der Waals surface area (Å²) in [5, 5.41) is 10.5. The number of carbonyl (C=O) groups excluding carboxylic acids is 1. The van der Waals surface area contributed by atoms with Crippen LogP contribution in [0.1, 0.15) is 12.0 Å². The normalized spacial score (nSPS) is 17.3. The summed E-state index contributed by atoms with van der Waals surface area (Å²) in [7, 11) is 3.58. The van der Waals surface area contributed by atoms with Crippen LogP contribution in [0.5, 0.6) is 0 Å². The molecule has 0 spiro atoms. The van der Waals surface area contributed by atoms with Crippen molar-refractivity contribution in [3.63, 3.8) is 0 Å². The van der Waals surface area contributed by atoms with Crippen molar-refractivity contribution in [2.45, 2.75) is 24.9 Å². The molecule has 1 saturated heterocycles. The third-order valence-corrected chi connectivity index (χ3v) is 6.97. The average Bonchev–Trinajstić information content (AvgIpc) is 3.19. The number of carbonyl (C=O) groups is 2. The maximum absolute atomic E-state index is 15.2. The SMILES string of the molecule is CN(C)c1ccc(N([C@H]2CCN([C@H](Cc3ccc4c(N)nccc4c3F)C(=O)O)C2=O)S(=O)O)cn1. The van der Waals surface area contributed by atoms with E-state index in [-0.39, 0.29) is 41.8 Å². The molecule has 3 heterocycles. The molecular formula is C23H25FN6O5S. The quantitative estimate of drug-likeness (QED) is 0.379. The molecule has 36 heavy (non-hydrogen) atoms. The summed E-state index contributed by atoms with van der Waals surface area (Å²) in [6, 6.07) is 5.17. The third kappa shape index (κ3) is 4.66. The number of hydrogen-bond donors (Lipinski definition) is 3. The number of fused-ring (bicyclic) bond motifs is 1. The molecule has 4 rings (SSSR count). The predicted molar refractivity (Wildman–Crippen MR) is 133 cm³/mol. The van der Waals surface area contributed by atoms with Crippen molar-refractivity contribution in [1.82, 2.24) is 14.9 Å². The Morgan fingerprint density at radius 1 is 1.25 bits per heavy atom. The van der Waals surface area contributed by atoms with Gasteiger partial charge in [-0.25, -0.2) is 23.4 Å². The number of nitrogen functional groups attached to an aromatic ring is 1. The van der Waals surface area contributed by atoms with Gasteiger partial charge in [-0.2, -0.15) is 0 Å². The number of likely N-dealkylation sites (tertiary alicyclic amines) is 1. The van der Waals surface area contributed by atoms with Gasteiger partial charge in [0.1, 0.15) is 29.5 Å². The zero-order chi connectivity index (χ0) is 26.1. The van der Waals surface area contributed by atoms with Crippen LogP contribution < -0.4 is 14.9 Å². The van der Waals surface area contributed by atoms with Gasteiger partial charge in [0.2, 0.25) is 5.91 Å². The van der Waals surface area contributed by atoms with E-state index in [1.165, 1.54) is 24.5 Å². The highest BCUT2D eigenvalue weighted by Gasteiger charge is 2.43. The Kier molecular flexibility index (Phi) is 7.04. The fourth-order valence-electron chi connectivity index (χ4n) is 4.35. The summed E-state index contributed by atoms with van der Waals surface area (Å²) in [6.07, 6.45) is 2.54. The highest BCUT2D eigenvalue weighted by Crippen LogP contribution is 2.30. The summed E-state index contributed by atoms with van der Waals surface area (Å²) >= 11 is -2.57. The first-order valence-electron chi connectivity index (χ1n) is 11.0. The van der Waals surface area contributed by atoms with Crippen LogP contribution in [0.15, 0.2) is 42.7 Å². The third-order valence-electron chi connectivity index (χ3n) is 6.17. The first kappa shape index (κ1) is 25.3. The van der Waals surface area contributed by atoms with E-state index in [4.69, 9.17) is 5.73 Å². The van der Waals surface area contributed by atoms with Crippen LogP contribution in [0, 0.1) is 5.82 Å². The van der Waals surface area contributed by atoms with Gasteiger partial charge >= 0.3 is 5.97 Å². The zero-order valence-electron chi connectivity index (χ0n) is 19.5. The minimum absolute atomic E-state index is 0.0173. The van der Waals surface area contributed by atoms with E-state index in [1.807, 2.05) is 0 Å². The summed E-state index contributed by atoms with van der Waals surface area (Å²) in [5.41, 5.74) is 6.14. The van der Waals surface area contributed by atoms with Gasteiger partial charge in [0, 0.05) is 44.0 Å². The number of aliphatic carboxylic acids is 1. The van der Waals surface area contributed by atoms with E-state index in [1.54, 1.807) is 37.2 Å². The molecule has 2 aromatic heterocycles. The number of halogens is 1. The topological polar surface area (TPSA) is 153 Å². The van der Waals surface area contributed by atoms with Crippen molar-refractivity contribution in [3.05, 3.63) is 54.1 Å². The van der Waals surface area contributed by atoms with Gasteiger partial charge in [-0.1, -0.05) is 12.1 Å². The summed E-state index contributed by atoms with van der Waals surface area (Å²) in [4.78, 5) is 36.5.